The number of nitriles is 1. The van der Waals surface area contributed by atoms with Gasteiger partial charge in [0.05, 0.1) is 18.2 Å². The number of alkyl halides is 2. The molecule has 0 atom stereocenters. The number of benzene rings is 1. The predicted molar refractivity (Wildman–Crippen MR) is 54.7 cm³/mol. The molecule has 0 heterocycles. The third kappa shape index (κ3) is 2.14. The molecule has 0 aromatic heterocycles. The third-order valence-electron chi connectivity index (χ3n) is 1.96. The zero-order valence-electron chi connectivity index (χ0n) is 8.20. The Kier molecular flexibility index (Phi) is 3.85. The normalized spacial score (nSPS) is 10.0. The number of rotatable bonds is 2. The highest BCUT2D eigenvalue weighted by Crippen LogP contribution is 2.30. The van der Waals surface area contributed by atoms with E-state index in [4.69, 9.17) is 5.26 Å². The van der Waals surface area contributed by atoms with Crippen LogP contribution in [0.3, 0.4) is 0 Å². The Bertz CT molecular complexity index is 469. The quantitative estimate of drug-likeness (QED) is 0.641. The zero-order chi connectivity index (χ0) is 12.3. The first kappa shape index (κ1) is 12.5. The summed E-state index contributed by atoms with van der Waals surface area (Å²) in [4.78, 5) is 11.2. The van der Waals surface area contributed by atoms with Gasteiger partial charge in [0.15, 0.2) is 0 Å². The molecule has 6 heteroatoms. The molecule has 0 aliphatic carbocycles. The van der Waals surface area contributed by atoms with E-state index >= 15 is 0 Å². The maximum Gasteiger partial charge on any atom is 0.339 e. The summed E-state index contributed by atoms with van der Waals surface area (Å²) in [7, 11) is 1.07. The molecule has 1 aromatic carbocycles. The fourth-order valence-corrected chi connectivity index (χ4v) is 1.54. The van der Waals surface area contributed by atoms with Crippen LogP contribution in [0.5, 0.6) is 0 Å². The summed E-state index contributed by atoms with van der Waals surface area (Å²) < 4.78 is 29.6. The number of carbonyl (C=O) groups is 1. The molecule has 1 aromatic rings. The van der Waals surface area contributed by atoms with Gasteiger partial charge in [0.1, 0.15) is 6.07 Å². The Hall–Kier alpha value is -1.61. The van der Waals surface area contributed by atoms with E-state index in [0.717, 1.165) is 13.2 Å². The lowest BCUT2D eigenvalue weighted by Crippen LogP contribution is -2.08. The van der Waals surface area contributed by atoms with Gasteiger partial charge < -0.3 is 4.74 Å². The minimum atomic E-state index is -2.83. The Labute approximate surface area is 96.0 Å². The van der Waals surface area contributed by atoms with Crippen LogP contribution >= 0.6 is 12.6 Å². The standard InChI is InChI=1S/C10H7F2NO2S/c1-15-10(14)7-6(9(11)12)3-2-5(4-13)8(7)16/h2-3,9,16H,1H3. The summed E-state index contributed by atoms with van der Waals surface area (Å²) >= 11 is 3.89. The van der Waals surface area contributed by atoms with E-state index < -0.39 is 18.0 Å². The first-order chi connectivity index (χ1) is 7.52. The molecule has 3 nitrogen and oxygen atoms in total. The van der Waals surface area contributed by atoms with E-state index in [1.54, 1.807) is 6.07 Å². The van der Waals surface area contributed by atoms with Crippen molar-refractivity contribution in [1.29, 1.82) is 5.26 Å². The molecule has 0 fully saturated rings. The summed E-state index contributed by atoms with van der Waals surface area (Å²) in [6, 6.07) is 3.97. The molecule has 0 aliphatic rings. The first-order valence-electron chi connectivity index (χ1n) is 4.15. The molecule has 0 saturated carbocycles. The third-order valence-corrected chi connectivity index (χ3v) is 2.42. The second-order valence-corrected chi connectivity index (χ2v) is 3.28. The van der Waals surface area contributed by atoms with E-state index in [-0.39, 0.29) is 16.0 Å². The van der Waals surface area contributed by atoms with Crippen molar-refractivity contribution >= 4 is 18.6 Å². The number of halogens is 2. The van der Waals surface area contributed by atoms with Crippen LogP contribution in [0.15, 0.2) is 17.0 Å². The van der Waals surface area contributed by atoms with Crippen molar-refractivity contribution < 1.29 is 18.3 Å². The predicted octanol–water partition coefficient (Wildman–Crippen LogP) is 2.57. The molecular weight excluding hydrogens is 236 g/mol. The van der Waals surface area contributed by atoms with Crippen LogP contribution < -0.4 is 0 Å². The summed E-state index contributed by atoms with van der Waals surface area (Å²) in [5, 5.41) is 8.69. The van der Waals surface area contributed by atoms with Crippen LogP contribution in [0.4, 0.5) is 8.78 Å². The van der Waals surface area contributed by atoms with Crippen LogP contribution in [0.2, 0.25) is 0 Å². The first-order valence-corrected chi connectivity index (χ1v) is 4.60. The molecule has 16 heavy (non-hydrogen) atoms. The zero-order valence-corrected chi connectivity index (χ0v) is 9.09. The van der Waals surface area contributed by atoms with Crippen molar-refractivity contribution in [2.24, 2.45) is 0 Å². The van der Waals surface area contributed by atoms with E-state index in [9.17, 15) is 13.6 Å². The van der Waals surface area contributed by atoms with E-state index in [1.165, 1.54) is 6.07 Å². The van der Waals surface area contributed by atoms with Crippen molar-refractivity contribution in [3.63, 3.8) is 0 Å². The molecule has 84 valence electrons. The minimum Gasteiger partial charge on any atom is -0.465 e. The number of nitrogens with zero attached hydrogens (tertiary/aromatic N) is 1. The van der Waals surface area contributed by atoms with Crippen molar-refractivity contribution in [3.8, 4) is 6.07 Å². The number of esters is 1. The monoisotopic (exact) mass is 243 g/mol. The molecule has 0 spiro atoms. The average molecular weight is 243 g/mol. The largest absolute Gasteiger partial charge is 0.465 e. The summed E-state index contributed by atoms with van der Waals surface area (Å²) in [6.45, 7) is 0. The van der Waals surface area contributed by atoms with Gasteiger partial charge in [-0.25, -0.2) is 13.6 Å². The second-order valence-electron chi connectivity index (χ2n) is 2.83. The van der Waals surface area contributed by atoms with Crippen molar-refractivity contribution in [3.05, 3.63) is 28.8 Å². The molecule has 0 bridgehead atoms. The number of methoxy groups -OCH3 is 1. The number of carbonyl (C=O) groups excluding carboxylic acids is 1. The number of thiol groups is 1. The maximum absolute atomic E-state index is 12.6. The fourth-order valence-electron chi connectivity index (χ4n) is 1.20. The molecule has 0 amide bonds. The number of ether oxygens (including phenoxy) is 1. The Balaban J connectivity index is 3.50. The number of hydrogen-bond acceptors (Lipinski definition) is 4. The van der Waals surface area contributed by atoms with Crippen LogP contribution in [-0.2, 0) is 4.74 Å². The molecule has 0 unspecified atom stereocenters. The highest BCUT2D eigenvalue weighted by Gasteiger charge is 2.23. The molecule has 0 aliphatic heterocycles. The van der Waals surface area contributed by atoms with Crippen LogP contribution in [0.1, 0.15) is 27.9 Å². The summed E-state index contributed by atoms with van der Waals surface area (Å²) in [5.74, 6) is -0.933. The number of hydrogen-bond donors (Lipinski definition) is 1. The molecule has 0 saturated heterocycles. The Morgan fingerprint density at radius 2 is 2.19 bits per heavy atom. The van der Waals surface area contributed by atoms with Crippen molar-refractivity contribution in [2.45, 2.75) is 11.3 Å². The SMILES string of the molecule is COC(=O)c1c(C(F)F)ccc(C#N)c1S. The fraction of sp³-hybridized carbons (Fsp3) is 0.200. The van der Waals surface area contributed by atoms with Crippen molar-refractivity contribution in [2.75, 3.05) is 7.11 Å². The smallest absolute Gasteiger partial charge is 0.339 e. The lowest BCUT2D eigenvalue weighted by atomic mass is 10.0. The average Bonchev–Trinajstić information content (AvgIpc) is 2.27. The molecule has 1 rings (SSSR count). The lowest BCUT2D eigenvalue weighted by molar-refractivity contribution is 0.0585. The van der Waals surface area contributed by atoms with Gasteiger partial charge in [-0.2, -0.15) is 5.26 Å². The van der Waals surface area contributed by atoms with Crippen LogP contribution in [0, 0.1) is 11.3 Å². The molecular formula is C10H7F2NO2S. The van der Waals surface area contributed by atoms with Gasteiger partial charge in [-0.15, -0.1) is 12.6 Å². The van der Waals surface area contributed by atoms with Crippen molar-refractivity contribution in [1.82, 2.24) is 0 Å². The van der Waals surface area contributed by atoms with Gasteiger partial charge >= 0.3 is 5.97 Å². The minimum absolute atomic E-state index is 0.0492. The van der Waals surface area contributed by atoms with E-state index in [1.807, 2.05) is 0 Å². The van der Waals surface area contributed by atoms with Gasteiger partial charge in [0, 0.05) is 10.5 Å². The molecule has 0 N–H and O–H groups in total. The van der Waals surface area contributed by atoms with Gasteiger partial charge in [-0.05, 0) is 6.07 Å². The van der Waals surface area contributed by atoms with E-state index in [2.05, 4.69) is 17.4 Å². The lowest BCUT2D eigenvalue weighted by Gasteiger charge is -2.10. The molecule has 0 radical (unpaired) electrons. The van der Waals surface area contributed by atoms with E-state index in [0.29, 0.717) is 0 Å². The van der Waals surface area contributed by atoms with Crippen LogP contribution in [-0.4, -0.2) is 13.1 Å². The second kappa shape index (κ2) is 4.94. The maximum atomic E-state index is 12.6. The van der Waals surface area contributed by atoms with Gasteiger partial charge in [0.25, 0.3) is 6.43 Å². The van der Waals surface area contributed by atoms with Gasteiger partial charge in [-0.3, -0.25) is 0 Å². The van der Waals surface area contributed by atoms with Crippen LogP contribution in [0.25, 0.3) is 0 Å². The highest BCUT2D eigenvalue weighted by molar-refractivity contribution is 7.80. The topological polar surface area (TPSA) is 50.1 Å². The Morgan fingerprint density at radius 3 is 2.62 bits per heavy atom. The Morgan fingerprint density at radius 1 is 1.56 bits per heavy atom. The summed E-state index contributed by atoms with van der Waals surface area (Å²) in [6.07, 6.45) is -2.83. The summed E-state index contributed by atoms with van der Waals surface area (Å²) in [5.41, 5.74) is -0.802. The highest BCUT2D eigenvalue weighted by atomic mass is 32.1. The van der Waals surface area contributed by atoms with Gasteiger partial charge in [-0.1, -0.05) is 6.07 Å². The van der Waals surface area contributed by atoms with Gasteiger partial charge in [0.2, 0.25) is 0 Å².